The molecule has 1 heterocycles. The zero-order valence-electron chi connectivity index (χ0n) is 13.7. The number of carbonyl (C=O) groups is 1. The minimum atomic E-state index is -3.29. The van der Waals surface area contributed by atoms with Crippen LogP contribution in [0.25, 0.3) is 0 Å². The van der Waals surface area contributed by atoms with Crippen LogP contribution in [0.1, 0.15) is 27.2 Å². The highest BCUT2D eigenvalue weighted by molar-refractivity contribution is 7.88. The first-order valence-electron chi connectivity index (χ1n) is 7.57. The van der Waals surface area contributed by atoms with Gasteiger partial charge in [-0.15, -0.1) is 0 Å². The molecule has 0 spiro atoms. The first-order valence-corrected chi connectivity index (χ1v) is 9.46. The fourth-order valence-corrected chi connectivity index (χ4v) is 2.63. The number of amides is 1. The summed E-state index contributed by atoms with van der Waals surface area (Å²) in [7, 11) is -3.29. The van der Waals surface area contributed by atoms with Crippen LogP contribution < -0.4 is 10.0 Å². The van der Waals surface area contributed by atoms with E-state index in [2.05, 4.69) is 15.0 Å². The molecule has 2 rings (SSSR count). The van der Waals surface area contributed by atoms with Gasteiger partial charge in [-0.05, 0) is 36.6 Å². The third kappa shape index (κ3) is 5.75. The molecule has 0 saturated carbocycles. The van der Waals surface area contributed by atoms with Crippen molar-refractivity contribution in [2.45, 2.75) is 19.9 Å². The van der Waals surface area contributed by atoms with Crippen molar-refractivity contribution in [2.75, 3.05) is 12.8 Å². The second kappa shape index (κ2) is 8.03. The Kier molecular flexibility index (Phi) is 6.05. The number of hydrogen-bond donors (Lipinski definition) is 2. The third-order valence-corrected chi connectivity index (χ3v) is 4.20. The number of nitrogens with one attached hydrogen (secondary N) is 2. The van der Waals surface area contributed by atoms with Gasteiger partial charge in [0.25, 0.3) is 5.91 Å². The van der Waals surface area contributed by atoms with Crippen LogP contribution in [0.15, 0.2) is 42.6 Å². The van der Waals surface area contributed by atoms with Gasteiger partial charge in [-0.2, -0.15) is 0 Å². The molecule has 1 aromatic carbocycles. The van der Waals surface area contributed by atoms with Gasteiger partial charge in [-0.25, -0.2) is 13.1 Å². The van der Waals surface area contributed by atoms with Crippen LogP contribution in [0.4, 0.5) is 0 Å². The average Bonchev–Trinajstić information content (AvgIpc) is 2.54. The maximum atomic E-state index is 12.2. The van der Waals surface area contributed by atoms with Crippen molar-refractivity contribution in [3.05, 3.63) is 65.0 Å². The standard InChI is InChI=1S/C17H21N3O3S/c1-13-5-3-4-6-14(13)7-10-19-17(21)15-8-9-18-16(11-15)12-20-24(2,22)23/h3-6,8-9,11,20H,7,10,12H2,1-2H3,(H,19,21). The Hall–Kier alpha value is -2.25. The van der Waals surface area contributed by atoms with Crippen LogP contribution in [-0.2, 0) is 23.0 Å². The van der Waals surface area contributed by atoms with E-state index in [0.717, 1.165) is 12.7 Å². The number of carbonyl (C=O) groups excluding carboxylic acids is 1. The molecule has 7 heteroatoms. The van der Waals surface area contributed by atoms with Crippen LogP contribution in [-0.4, -0.2) is 32.1 Å². The number of aryl methyl sites for hydroxylation is 1. The van der Waals surface area contributed by atoms with Crippen LogP contribution in [0.2, 0.25) is 0 Å². The van der Waals surface area contributed by atoms with Gasteiger partial charge in [0, 0.05) is 18.3 Å². The van der Waals surface area contributed by atoms with Crippen molar-refractivity contribution < 1.29 is 13.2 Å². The molecule has 0 bridgehead atoms. The fourth-order valence-electron chi connectivity index (χ4n) is 2.22. The summed E-state index contributed by atoms with van der Waals surface area (Å²) in [5, 5.41) is 2.87. The lowest BCUT2D eigenvalue weighted by molar-refractivity contribution is 0.0954. The Morgan fingerprint density at radius 1 is 1.21 bits per heavy atom. The van der Waals surface area contributed by atoms with E-state index >= 15 is 0 Å². The molecule has 0 aliphatic carbocycles. The Labute approximate surface area is 142 Å². The second-order valence-electron chi connectivity index (χ2n) is 5.56. The van der Waals surface area contributed by atoms with Gasteiger partial charge in [0.05, 0.1) is 18.5 Å². The summed E-state index contributed by atoms with van der Waals surface area (Å²) >= 11 is 0. The molecule has 0 aliphatic rings. The highest BCUT2D eigenvalue weighted by Gasteiger charge is 2.08. The van der Waals surface area contributed by atoms with Crippen LogP contribution in [0, 0.1) is 6.92 Å². The van der Waals surface area contributed by atoms with Crippen molar-refractivity contribution in [2.24, 2.45) is 0 Å². The van der Waals surface area contributed by atoms with Gasteiger partial charge < -0.3 is 5.32 Å². The van der Waals surface area contributed by atoms with Gasteiger partial charge in [0.15, 0.2) is 0 Å². The molecule has 2 aromatic rings. The van der Waals surface area contributed by atoms with Gasteiger partial charge in [-0.3, -0.25) is 9.78 Å². The molecule has 0 fully saturated rings. The van der Waals surface area contributed by atoms with Gasteiger partial charge >= 0.3 is 0 Å². The van der Waals surface area contributed by atoms with E-state index in [9.17, 15) is 13.2 Å². The largest absolute Gasteiger partial charge is 0.352 e. The highest BCUT2D eigenvalue weighted by atomic mass is 32.2. The first-order chi connectivity index (χ1) is 11.3. The van der Waals surface area contributed by atoms with E-state index < -0.39 is 10.0 Å². The number of benzene rings is 1. The van der Waals surface area contributed by atoms with Crippen molar-refractivity contribution in [1.29, 1.82) is 0 Å². The third-order valence-electron chi connectivity index (χ3n) is 3.54. The van der Waals surface area contributed by atoms with E-state index in [1.54, 1.807) is 12.1 Å². The monoisotopic (exact) mass is 347 g/mol. The van der Waals surface area contributed by atoms with Crippen LogP contribution in [0.3, 0.4) is 0 Å². The summed E-state index contributed by atoms with van der Waals surface area (Å²) in [4.78, 5) is 16.3. The number of nitrogens with zero attached hydrogens (tertiary/aromatic N) is 1. The number of aromatic nitrogens is 1. The molecule has 0 radical (unpaired) electrons. The predicted molar refractivity (Wildman–Crippen MR) is 93.1 cm³/mol. The van der Waals surface area contributed by atoms with Gasteiger partial charge in [0.1, 0.15) is 0 Å². The highest BCUT2D eigenvalue weighted by Crippen LogP contribution is 2.07. The molecule has 6 nitrogen and oxygen atoms in total. The zero-order valence-corrected chi connectivity index (χ0v) is 14.6. The van der Waals surface area contributed by atoms with Gasteiger partial charge in [-0.1, -0.05) is 24.3 Å². The SMILES string of the molecule is Cc1ccccc1CCNC(=O)c1ccnc(CNS(C)(=O)=O)c1. The number of sulfonamides is 1. The first kappa shape index (κ1) is 18.1. The van der Waals surface area contributed by atoms with Crippen LogP contribution >= 0.6 is 0 Å². The molecule has 0 atom stereocenters. The lowest BCUT2D eigenvalue weighted by atomic mass is 10.1. The zero-order chi connectivity index (χ0) is 17.6. The quantitative estimate of drug-likeness (QED) is 0.793. The molecular formula is C17H21N3O3S. The molecule has 1 aromatic heterocycles. The smallest absolute Gasteiger partial charge is 0.251 e. The molecule has 0 unspecified atom stereocenters. The summed E-state index contributed by atoms with van der Waals surface area (Å²) in [5.74, 6) is -0.202. The number of hydrogen-bond acceptors (Lipinski definition) is 4. The minimum absolute atomic E-state index is 0.0587. The molecule has 1 amide bonds. The Morgan fingerprint density at radius 3 is 2.67 bits per heavy atom. The summed E-state index contributed by atoms with van der Waals surface area (Å²) in [6, 6.07) is 11.2. The fraction of sp³-hybridized carbons (Fsp3) is 0.294. The molecule has 0 aliphatic heterocycles. The molecule has 128 valence electrons. The van der Waals surface area contributed by atoms with Crippen molar-refractivity contribution in [3.8, 4) is 0 Å². The molecule has 2 N–H and O–H groups in total. The topological polar surface area (TPSA) is 88.2 Å². The van der Waals surface area contributed by atoms with Gasteiger partial charge in [0.2, 0.25) is 10.0 Å². The second-order valence-corrected chi connectivity index (χ2v) is 7.39. The Bertz CT molecular complexity index is 819. The Balaban J connectivity index is 1.91. The normalized spacial score (nSPS) is 11.2. The molecule has 0 saturated heterocycles. The maximum absolute atomic E-state index is 12.2. The molecular weight excluding hydrogens is 326 g/mol. The summed E-state index contributed by atoms with van der Waals surface area (Å²) in [6.45, 7) is 2.63. The Morgan fingerprint density at radius 2 is 1.96 bits per heavy atom. The average molecular weight is 347 g/mol. The van der Waals surface area contributed by atoms with Crippen LogP contribution in [0.5, 0.6) is 0 Å². The predicted octanol–water partition coefficient (Wildman–Crippen LogP) is 1.41. The lowest BCUT2D eigenvalue weighted by Gasteiger charge is -2.08. The number of pyridine rings is 1. The summed E-state index contributed by atoms with van der Waals surface area (Å²) in [5.41, 5.74) is 3.35. The van der Waals surface area contributed by atoms with E-state index in [0.29, 0.717) is 17.8 Å². The van der Waals surface area contributed by atoms with Crippen molar-refractivity contribution >= 4 is 15.9 Å². The van der Waals surface area contributed by atoms with E-state index in [-0.39, 0.29) is 12.5 Å². The van der Waals surface area contributed by atoms with E-state index in [1.807, 2.05) is 31.2 Å². The van der Waals surface area contributed by atoms with E-state index in [4.69, 9.17) is 0 Å². The summed E-state index contributed by atoms with van der Waals surface area (Å²) < 4.78 is 24.6. The number of rotatable bonds is 7. The molecule has 24 heavy (non-hydrogen) atoms. The van der Waals surface area contributed by atoms with Crippen molar-refractivity contribution in [3.63, 3.8) is 0 Å². The summed E-state index contributed by atoms with van der Waals surface area (Å²) in [6.07, 6.45) is 3.33. The maximum Gasteiger partial charge on any atom is 0.251 e. The van der Waals surface area contributed by atoms with E-state index in [1.165, 1.54) is 17.3 Å². The lowest BCUT2D eigenvalue weighted by Crippen LogP contribution is -2.26. The minimum Gasteiger partial charge on any atom is -0.352 e. The van der Waals surface area contributed by atoms with Crippen molar-refractivity contribution in [1.82, 2.24) is 15.0 Å².